The Hall–Kier alpha value is -2.34. The molecule has 6 nitrogen and oxygen atoms in total. The maximum absolute atomic E-state index is 5.91. The smallest absolute Gasteiger partial charge is 0.236 e. The van der Waals surface area contributed by atoms with Crippen LogP contribution in [0.5, 0.6) is 17.4 Å². The summed E-state index contributed by atoms with van der Waals surface area (Å²) >= 11 is 0. The summed E-state index contributed by atoms with van der Waals surface area (Å²) in [6, 6.07) is 7.80. The molecule has 0 atom stereocenters. The molecule has 1 aromatic carbocycles. The van der Waals surface area contributed by atoms with Gasteiger partial charge in [-0.05, 0) is 50.4 Å². The molecule has 1 aliphatic rings. The third-order valence-corrected chi connectivity index (χ3v) is 4.86. The highest BCUT2D eigenvalue weighted by molar-refractivity contribution is 5.39. The lowest BCUT2D eigenvalue weighted by Crippen LogP contribution is -2.34. The minimum atomic E-state index is 0.625. The summed E-state index contributed by atoms with van der Waals surface area (Å²) < 4.78 is 16.5. The molecule has 3 rings (SSSR count). The third-order valence-electron chi connectivity index (χ3n) is 4.86. The van der Waals surface area contributed by atoms with Crippen molar-refractivity contribution in [3.63, 3.8) is 0 Å². The van der Waals surface area contributed by atoms with Crippen molar-refractivity contribution in [2.24, 2.45) is 5.92 Å². The predicted molar refractivity (Wildman–Crippen MR) is 99.7 cm³/mol. The van der Waals surface area contributed by atoms with Gasteiger partial charge in [0.25, 0.3) is 0 Å². The van der Waals surface area contributed by atoms with E-state index in [-0.39, 0.29) is 0 Å². The van der Waals surface area contributed by atoms with Crippen molar-refractivity contribution in [1.29, 1.82) is 0 Å². The Kier molecular flexibility index (Phi) is 6.66. The molecule has 2 heterocycles. The molecular weight excluding hydrogens is 330 g/mol. The van der Waals surface area contributed by atoms with Crippen LogP contribution in [0.25, 0.3) is 0 Å². The Morgan fingerprint density at radius 2 is 1.73 bits per heavy atom. The lowest BCUT2D eigenvalue weighted by molar-refractivity contribution is 0.154. The molecule has 0 aliphatic carbocycles. The lowest BCUT2D eigenvalue weighted by Gasteiger charge is -2.31. The van der Waals surface area contributed by atoms with Gasteiger partial charge in [-0.25, -0.2) is 4.98 Å². The summed E-state index contributed by atoms with van der Waals surface area (Å²) in [7, 11) is 3.31. The molecule has 1 saturated heterocycles. The molecular formula is C20H27N3O3. The van der Waals surface area contributed by atoms with Crippen LogP contribution in [0.1, 0.15) is 25.0 Å². The Bertz CT molecular complexity index is 688. The van der Waals surface area contributed by atoms with Crippen molar-refractivity contribution in [3.05, 3.63) is 42.4 Å². The number of rotatable bonds is 8. The zero-order valence-corrected chi connectivity index (χ0v) is 15.6. The number of methoxy groups -OCH3 is 2. The van der Waals surface area contributed by atoms with Gasteiger partial charge < -0.3 is 14.2 Å². The molecule has 0 amide bonds. The van der Waals surface area contributed by atoms with Gasteiger partial charge >= 0.3 is 0 Å². The fourth-order valence-corrected chi connectivity index (χ4v) is 3.35. The second-order valence-electron chi connectivity index (χ2n) is 6.52. The zero-order chi connectivity index (χ0) is 18.2. The second kappa shape index (κ2) is 9.38. The molecule has 1 fully saturated rings. The number of piperidine rings is 1. The SMILES string of the molecule is COc1ccccc1OCCC1CCN(Cc2nccnc2OC)CC1. The first kappa shape index (κ1) is 18.5. The van der Waals surface area contributed by atoms with E-state index in [4.69, 9.17) is 14.2 Å². The van der Waals surface area contributed by atoms with Crippen LogP contribution in [0.15, 0.2) is 36.7 Å². The van der Waals surface area contributed by atoms with Crippen molar-refractivity contribution in [1.82, 2.24) is 14.9 Å². The first-order chi connectivity index (χ1) is 12.8. The second-order valence-corrected chi connectivity index (χ2v) is 6.52. The van der Waals surface area contributed by atoms with Crippen LogP contribution in [-0.2, 0) is 6.54 Å². The third kappa shape index (κ3) is 4.85. The summed E-state index contributed by atoms with van der Waals surface area (Å²) in [5.74, 6) is 2.94. The minimum Gasteiger partial charge on any atom is -0.493 e. The van der Waals surface area contributed by atoms with Crippen LogP contribution < -0.4 is 14.2 Å². The molecule has 26 heavy (non-hydrogen) atoms. The molecule has 0 N–H and O–H groups in total. The summed E-state index contributed by atoms with van der Waals surface area (Å²) in [6.07, 6.45) is 6.81. The van der Waals surface area contributed by atoms with Crippen molar-refractivity contribution < 1.29 is 14.2 Å². The molecule has 0 bridgehead atoms. The van der Waals surface area contributed by atoms with E-state index in [1.165, 1.54) is 12.8 Å². The molecule has 0 saturated carbocycles. The first-order valence-corrected chi connectivity index (χ1v) is 9.12. The van der Waals surface area contributed by atoms with Crippen LogP contribution in [0.3, 0.4) is 0 Å². The minimum absolute atomic E-state index is 0.625. The molecule has 1 aliphatic heterocycles. The van der Waals surface area contributed by atoms with Crippen molar-refractivity contribution >= 4 is 0 Å². The first-order valence-electron chi connectivity index (χ1n) is 9.12. The number of nitrogens with zero attached hydrogens (tertiary/aromatic N) is 3. The van der Waals surface area contributed by atoms with Gasteiger partial charge in [-0.15, -0.1) is 0 Å². The fraction of sp³-hybridized carbons (Fsp3) is 0.500. The Balaban J connectivity index is 1.41. The van der Waals surface area contributed by atoms with E-state index in [1.807, 2.05) is 24.3 Å². The Labute approximate surface area is 155 Å². The van der Waals surface area contributed by atoms with E-state index in [9.17, 15) is 0 Å². The molecule has 1 aromatic heterocycles. The number of aromatic nitrogens is 2. The predicted octanol–water partition coefficient (Wildman–Crippen LogP) is 3.17. The van der Waals surface area contributed by atoms with Crippen LogP contribution >= 0.6 is 0 Å². The molecule has 140 valence electrons. The molecule has 2 aromatic rings. The molecule has 0 unspecified atom stereocenters. The summed E-state index contributed by atoms with van der Waals surface area (Å²) in [4.78, 5) is 11.0. The van der Waals surface area contributed by atoms with Gasteiger partial charge in [0.1, 0.15) is 5.69 Å². The van der Waals surface area contributed by atoms with Gasteiger partial charge in [0.05, 0.1) is 20.8 Å². The highest BCUT2D eigenvalue weighted by Crippen LogP contribution is 2.27. The average molecular weight is 357 g/mol. The van der Waals surface area contributed by atoms with E-state index >= 15 is 0 Å². The van der Waals surface area contributed by atoms with Crippen LogP contribution in [-0.4, -0.2) is 48.8 Å². The molecule has 6 heteroatoms. The quantitative estimate of drug-likeness (QED) is 0.723. The highest BCUT2D eigenvalue weighted by atomic mass is 16.5. The van der Waals surface area contributed by atoms with Crippen molar-refractivity contribution in [3.8, 4) is 17.4 Å². The van der Waals surface area contributed by atoms with E-state index in [0.717, 1.165) is 49.9 Å². The highest BCUT2D eigenvalue weighted by Gasteiger charge is 2.21. The van der Waals surface area contributed by atoms with Crippen molar-refractivity contribution in [2.45, 2.75) is 25.8 Å². The van der Waals surface area contributed by atoms with E-state index in [2.05, 4.69) is 14.9 Å². The Morgan fingerprint density at radius 3 is 2.46 bits per heavy atom. The van der Waals surface area contributed by atoms with E-state index < -0.39 is 0 Å². The van der Waals surface area contributed by atoms with Gasteiger partial charge in [-0.3, -0.25) is 9.88 Å². The summed E-state index contributed by atoms with van der Waals surface area (Å²) in [5, 5.41) is 0. The van der Waals surface area contributed by atoms with Gasteiger partial charge in [0, 0.05) is 18.9 Å². The average Bonchev–Trinajstić information content (AvgIpc) is 2.70. The monoisotopic (exact) mass is 357 g/mol. The topological polar surface area (TPSA) is 56.7 Å². The normalized spacial score (nSPS) is 15.6. The fourth-order valence-electron chi connectivity index (χ4n) is 3.35. The lowest BCUT2D eigenvalue weighted by atomic mass is 9.94. The number of hydrogen-bond donors (Lipinski definition) is 0. The van der Waals surface area contributed by atoms with Gasteiger partial charge in [-0.2, -0.15) is 0 Å². The van der Waals surface area contributed by atoms with E-state index in [0.29, 0.717) is 11.8 Å². The van der Waals surface area contributed by atoms with E-state index in [1.54, 1.807) is 26.6 Å². The van der Waals surface area contributed by atoms with Gasteiger partial charge in [-0.1, -0.05) is 12.1 Å². The Morgan fingerprint density at radius 1 is 1.00 bits per heavy atom. The van der Waals surface area contributed by atoms with Crippen LogP contribution in [0.4, 0.5) is 0 Å². The number of benzene rings is 1. The van der Waals surface area contributed by atoms with Crippen LogP contribution in [0, 0.1) is 5.92 Å². The van der Waals surface area contributed by atoms with Gasteiger partial charge in [0.15, 0.2) is 11.5 Å². The number of hydrogen-bond acceptors (Lipinski definition) is 6. The maximum Gasteiger partial charge on any atom is 0.236 e. The number of ether oxygens (including phenoxy) is 3. The van der Waals surface area contributed by atoms with Crippen LogP contribution in [0.2, 0.25) is 0 Å². The maximum atomic E-state index is 5.91. The molecule has 0 spiro atoms. The zero-order valence-electron chi connectivity index (χ0n) is 15.6. The number of para-hydroxylation sites is 2. The number of likely N-dealkylation sites (tertiary alicyclic amines) is 1. The largest absolute Gasteiger partial charge is 0.493 e. The standard InChI is InChI=1S/C20H27N3O3/c1-24-18-5-3-4-6-19(18)26-14-9-16-7-12-23(13-8-16)15-17-20(25-2)22-11-10-21-17/h3-6,10-11,16H,7-9,12-15H2,1-2H3. The summed E-state index contributed by atoms with van der Waals surface area (Å²) in [6.45, 7) is 3.66. The summed E-state index contributed by atoms with van der Waals surface area (Å²) in [5.41, 5.74) is 0.910. The van der Waals surface area contributed by atoms with Gasteiger partial charge in [0.2, 0.25) is 5.88 Å². The molecule has 0 radical (unpaired) electrons. The van der Waals surface area contributed by atoms with Crippen molar-refractivity contribution in [2.75, 3.05) is 33.9 Å².